The van der Waals surface area contributed by atoms with Crippen molar-refractivity contribution in [3.8, 4) is 0 Å². The van der Waals surface area contributed by atoms with Crippen LogP contribution in [-0.4, -0.2) is 37.5 Å². The molecule has 4 N–H and O–H groups in total. The number of hydrazine groups is 1. The number of carbonyl (C=O) groups excluding carboxylic acids is 1. The van der Waals surface area contributed by atoms with E-state index in [0.29, 0.717) is 17.3 Å². The van der Waals surface area contributed by atoms with E-state index in [-0.39, 0.29) is 16.8 Å². The lowest BCUT2D eigenvalue weighted by molar-refractivity contribution is -0.117. The molecule has 0 radical (unpaired) electrons. The van der Waals surface area contributed by atoms with Crippen molar-refractivity contribution in [2.45, 2.75) is 30.8 Å². The molecule has 7 nitrogen and oxygen atoms in total. The Morgan fingerprint density at radius 2 is 1.83 bits per heavy atom. The molecule has 1 aliphatic heterocycles. The van der Waals surface area contributed by atoms with Gasteiger partial charge in [0.25, 0.3) is 0 Å². The second kappa shape index (κ2) is 7.16. The van der Waals surface area contributed by atoms with Crippen molar-refractivity contribution in [1.82, 2.24) is 10.9 Å². The van der Waals surface area contributed by atoms with Gasteiger partial charge in [-0.25, -0.2) is 13.8 Å². The van der Waals surface area contributed by atoms with Crippen molar-refractivity contribution >= 4 is 43.2 Å². The number of rotatable bonds is 5. The molecular weight excluding hydrogens is 384 g/mol. The third kappa shape index (κ3) is 4.66. The van der Waals surface area contributed by atoms with Crippen LogP contribution >= 0.6 is 15.9 Å². The van der Waals surface area contributed by atoms with Crippen LogP contribution in [0.25, 0.3) is 0 Å². The molecule has 2 rings (SSSR count). The van der Waals surface area contributed by atoms with E-state index in [9.17, 15) is 13.2 Å². The Labute approximate surface area is 144 Å². The predicted octanol–water partition coefficient (Wildman–Crippen LogP) is 1.26. The molecule has 1 aliphatic rings. The van der Waals surface area contributed by atoms with Gasteiger partial charge in [0.05, 0.1) is 22.5 Å². The average molecular weight is 405 g/mol. The van der Waals surface area contributed by atoms with E-state index in [2.05, 4.69) is 50.7 Å². The van der Waals surface area contributed by atoms with Crippen molar-refractivity contribution in [2.75, 3.05) is 16.3 Å². The summed E-state index contributed by atoms with van der Waals surface area (Å²) in [5, 5.41) is 2.77. The number of amides is 1. The molecule has 128 valence electrons. The van der Waals surface area contributed by atoms with E-state index in [0.717, 1.165) is 6.26 Å². The molecule has 0 aliphatic carbocycles. The maximum atomic E-state index is 12.5. The highest BCUT2D eigenvalue weighted by molar-refractivity contribution is 9.09. The van der Waals surface area contributed by atoms with Crippen LogP contribution in [0.3, 0.4) is 0 Å². The summed E-state index contributed by atoms with van der Waals surface area (Å²) >= 11 is 3.56. The molecule has 23 heavy (non-hydrogen) atoms. The molecule has 0 spiro atoms. The Hall–Kier alpha value is -1.16. The summed E-state index contributed by atoms with van der Waals surface area (Å²) < 4.78 is 25.2. The number of para-hydroxylation sites is 2. The van der Waals surface area contributed by atoms with Gasteiger partial charge in [-0.2, -0.15) is 0 Å². The number of alkyl halides is 1. The SMILES string of the molecule is CC(C)C1NNC(C(=O)Nc2ccccc2NS(C)(=O)=O)C1Br. The number of benzene rings is 1. The molecule has 0 saturated carbocycles. The minimum absolute atomic E-state index is 0.0717. The van der Waals surface area contributed by atoms with Gasteiger partial charge < -0.3 is 5.32 Å². The Morgan fingerprint density at radius 1 is 1.22 bits per heavy atom. The molecule has 3 unspecified atom stereocenters. The Bertz CT molecular complexity index is 680. The fourth-order valence-electron chi connectivity index (χ4n) is 2.39. The zero-order valence-electron chi connectivity index (χ0n) is 13.1. The highest BCUT2D eigenvalue weighted by Gasteiger charge is 2.39. The summed E-state index contributed by atoms with van der Waals surface area (Å²) in [5.41, 5.74) is 6.83. The van der Waals surface area contributed by atoms with Gasteiger partial charge >= 0.3 is 0 Å². The quantitative estimate of drug-likeness (QED) is 0.553. The summed E-state index contributed by atoms with van der Waals surface area (Å²) in [4.78, 5) is 12.4. The van der Waals surface area contributed by atoms with Crippen molar-refractivity contribution < 1.29 is 13.2 Å². The van der Waals surface area contributed by atoms with E-state index in [1.54, 1.807) is 24.3 Å². The summed E-state index contributed by atoms with van der Waals surface area (Å²) in [6, 6.07) is 6.33. The lowest BCUT2D eigenvalue weighted by atomic mass is 9.99. The number of hydrogen-bond donors (Lipinski definition) is 4. The molecule has 1 fully saturated rings. The number of anilines is 2. The first-order valence-electron chi connectivity index (χ1n) is 7.22. The monoisotopic (exact) mass is 404 g/mol. The van der Waals surface area contributed by atoms with Crippen LogP contribution in [-0.2, 0) is 14.8 Å². The molecule has 1 saturated heterocycles. The van der Waals surface area contributed by atoms with E-state index in [1.807, 2.05) is 0 Å². The smallest absolute Gasteiger partial charge is 0.244 e. The number of sulfonamides is 1. The van der Waals surface area contributed by atoms with Crippen LogP contribution in [0.15, 0.2) is 24.3 Å². The van der Waals surface area contributed by atoms with Crippen LogP contribution in [0.1, 0.15) is 13.8 Å². The average Bonchev–Trinajstić information content (AvgIpc) is 2.81. The standard InChI is InChI=1S/C14H21BrN4O3S/c1-8(2)12-11(15)13(18-17-12)14(20)16-9-6-4-5-7-10(9)19-23(3,21)22/h4-8,11-13,17-19H,1-3H3,(H,16,20). The topological polar surface area (TPSA) is 99.3 Å². The Balaban J connectivity index is 2.12. The second-order valence-corrected chi connectivity index (χ2v) is 8.70. The zero-order chi connectivity index (χ0) is 17.2. The van der Waals surface area contributed by atoms with E-state index < -0.39 is 16.1 Å². The zero-order valence-corrected chi connectivity index (χ0v) is 15.5. The summed E-state index contributed by atoms with van der Waals surface area (Å²) in [7, 11) is -3.42. The van der Waals surface area contributed by atoms with Crippen molar-refractivity contribution in [3.05, 3.63) is 24.3 Å². The van der Waals surface area contributed by atoms with Crippen molar-refractivity contribution in [2.24, 2.45) is 5.92 Å². The van der Waals surface area contributed by atoms with E-state index in [1.165, 1.54) is 0 Å². The maximum absolute atomic E-state index is 12.5. The molecular formula is C14H21BrN4O3S. The first kappa shape index (κ1) is 18.2. The van der Waals surface area contributed by atoms with Crippen molar-refractivity contribution in [1.29, 1.82) is 0 Å². The van der Waals surface area contributed by atoms with Gasteiger partial charge in [0.1, 0.15) is 6.04 Å². The van der Waals surface area contributed by atoms with Gasteiger partial charge in [-0.3, -0.25) is 14.9 Å². The van der Waals surface area contributed by atoms with Crippen LogP contribution < -0.4 is 20.9 Å². The van der Waals surface area contributed by atoms with Crippen LogP contribution in [0.2, 0.25) is 0 Å². The third-order valence-corrected chi connectivity index (χ3v) is 5.24. The lowest BCUT2D eigenvalue weighted by Gasteiger charge is -2.20. The van der Waals surface area contributed by atoms with Gasteiger partial charge in [0.2, 0.25) is 15.9 Å². The van der Waals surface area contributed by atoms with Gasteiger partial charge in [0.15, 0.2) is 0 Å². The number of hydrogen-bond acceptors (Lipinski definition) is 5. The first-order valence-corrected chi connectivity index (χ1v) is 10.0. The molecule has 3 atom stereocenters. The predicted molar refractivity (Wildman–Crippen MR) is 94.9 cm³/mol. The van der Waals surface area contributed by atoms with Crippen molar-refractivity contribution in [3.63, 3.8) is 0 Å². The fourth-order valence-corrected chi connectivity index (χ4v) is 4.08. The summed E-state index contributed by atoms with van der Waals surface area (Å²) in [5.74, 6) is 0.106. The minimum atomic E-state index is -3.42. The Morgan fingerprint density at radius 3 is 2.35 bits per heavy atom. The molecule has 1 aromatic carbocycles. The minimum Gasteiger partial charge on any atom is -0.323 e. The Kier molecular flexibility index (Phi) is 5.66. The van der Waals surface area contributed by atoms with Gasteiger partial charge in [-0.05, 0) is 18.1 Å². The lowest BCUT2D eigenvalue weighted by Crippen LogP contribution is -2.42. The number of carbonyl (C=O) groups is 1. The summed E-state index contributed by atoms with van der Waals surface area (Å²) in [6.45, 7) is 4.14. The molecule has 1 amide bonds. The van der Waals surface area contributed by atoms with Gasteiger partial charge in [-0.15, -0.1) is 0 Å². The van der Waals surface area contributed by atoms with Gasteiger partial charge in [0, 0.05) is 6.04 Å². The third-order valence-electron chi connectivity index (χ3n) is 3.55. The maximum Gasteiger partial charge on any atom is 0.244 e. The molecule has 9 heteroatoms. The van der Waals surface area contributed by atoms with Gasteiger partial charge in [-0.1, -0.05) is 41.9 Å². The highest BCUT2D eigenvalue weighted by Crippen LogP contribution is 2.25. The second-order valence-electron chi connectivity index (χ2n) is 5.89. The molecule has 1 heterocycles. The molecule has 0 aromatic heterocycles. The first-order chi connectivity index (χ1) is 10.7. The van der Waals surface area contributed by atoms with Crippen LogP contribution in [0.5, 0.6) is 0 Å². The van der Waals surface area contributed by atoms with Crippen LogP contribution in [0, 0.1) is 5.92 Å². The van der Waals surface area contributed by atoms with Crippen LogP contribution in [0.4, 0.5) is 11.4 Å². The largest absolute Gasteiger partial charge is 0.323 e. The number of halogens is 1. The fraction of sp³-hybridized carbons (Fsp3) is 0.500. The number of nitrogens with one attached hydrogen (secondary N) is 4. The van der Waals surface area contributed by atoms with E-state index >= 15 is 0 Å². The highest BCUT2D eigenvalue weighted by atomic mass is 79.9. The normalized spacial score (nSPS) is 24.7. The van der Waals surface area contributed by atoms with E-state index in [4.69, 9.17) is 0 Å². The molecule has 0 bridgehead atoms. The molecule has 1 aromatic rings. The summed E-state index contributed by atoms with van der Waals surface area (Å²) in [6.07, 6.45) is 1.07.